The van der Waals surface area contributed by atoms with Gasteiger partial charge in [0.1, 0.15) is 6.61 Å². The van der Waals surface area contributed by atoms with Gasteiger partial charge in [0.2, 0.25) is 0 Å². The predicted octanol–water partition coefficient (Wildman–Crippen LogP) is 6.53. The number of nitrogens with two attached hydrogens (primary N) is 1. The van der Waals surface area contributed by atoms with Crippen molar-refractivity contribution in [3.8, 4) is 0 Å². The highest BCUT2D eigenvalue weighted by atomic mass is 31.2. The SMILES string of the molecule is CCCCCCCCCCCCCCCC(=O)OC[C@H](COP(=O)([O-])OCCN)OC(=O)CCCCCCCC(O)C(O)CC(O)C(O)CCCCC. The summed E-state index contributed by atoms with van der Waals surface area (Å²) in [6.07, 6.45) is 17.4. The van der Waals surface area contributed by atoms with Crippen molar-refractivity contribution in [2.45, 2.75) is 211 Å². The van der Waals surface area contributed by atoms with Crippen LogP contribution in [0.25, 0.3) is 0 Å². The van der Waals surface area contributed by atoms with E-state index in [1.807, 2.05) is 0 Å². The van der Waals surface area contributed by atoms with Gasteiger partial charge in [-0.2, -0.15) is 0 Å². The van der Waals surface area contributed by atoms with Crippen LogP contribution in [-0.2, 0) is 32.7 Å². The van der Waals surface area contributed by atoms with E-state index in [4.69, 9.17) is 19.7 Å². The number of ether oxygens (including phenoxy) is 2. The molecule has 0 aromatic rings. The number of hydrogen-bond donors (Lipinski definition) is 5. The van der Waals surface area contributed by atoms with E-state index in [-0.39, 0.29) is 39.0 Å². The standard InChI is InChI=1S/C39H78NO12P/c1-3-5-7-8-9-10-11-12-13-14-15-18-22-26-38(45)49-31-33(32-51-53(47,48)50-29-28-40)52-39(46)27-23-19-16-17-21-25-35(42)37(44)30-36(43)34(41)24-20-6-4-2/h33-37,41-44H,3-32,40H2,1-2H3,(H,47,48)/p-1/t33-,34?,35?,36?,37?/m1/s1. The number of phosphoric ester groups is 1. The fraction of sp³-hybridized carbons (Fsp3) is 0.949. The van der Waals surface area contributed by atoms with E-state index in [1.54, 1.807) is 0 Å². The second-order valence-corrected chi connectivity index (χ2v) is 15.9. The van der Waals surface area contributed by atoms with Gasteiger partial charge in [0.25, 0.3) is 7.82 Å². The van der Waals surface area contributed by atoms with Gasteiger partial charge in [0, 0.05) is 25.8 Å². The first kappa shape index (κ1) is 51.9. The van der Waals surface area contributed by atoms with Crippen LogP contribution in [0.2, 0.25) is 0 Å². The summed E-state index contributed by atoms with van der Waals surface area (Å²) in [6.45, 7) is 3.09. The van der Waals surface area contributed by atoms with E-state index in [9.17, 15) is 39.5 Å². The summed E-state index contributed by atoms with van der Waals surface area (Å²) in [7, 11) is -4.68. The number of aliphatic hydroxyl groups is 4. The molecule has 0 saturated heterocycles. The Hall–Kier alpha value is -1.15. The maximum Gasteiger partial charge on any atom is 0.306 e. The number of unbranched alkanes of at least 4 members (excludes halogenated alkanes) is 18. The molecule has 0 heterocycles. The number of esters is 2. The molecule has 0 spiro atoms. The van der Waals surface area contributed by atoms with E-state index < -0.39 is 56.9 Å². The normalized spacial score (nSPS) is 15.7. The second kappa shape index (κ2) is 35.3. The first-order valence-corrected chi connectivity index (χ1v) is 22.3. The molecule has 53 heavy (non-hydrogen) atoms. The Kier molecular flexibility index (Phi) is 34.5. The van der Waals surface area contributed by atoms with Crippen molar-refractivity contribution in [2.75, 3.05) is 26.4 Å². The van der Waals surface area contributed by atoms with E-state index in [1.165, 1.54) is 57.8 Å². The summed E-state index contributed by atoms with van der Waals surface area (Å²) in [5.41, 5.74) is 5.29. The molecule has 0 rings (SSSR count). The summed E-state index contributed by atoms with van der Waals surface area (Å²) < 4.78 is 32.2. The highest BCUT2D eigenvalue weighted by Crippen LogP contribution is 2.38. The third-order valence-electron chi connectivity index (χ3n) is 9.35. The minimum atomic E-state index is -4.68. The van der Waals surface area contributed by atoms with Crippen molar-refractivity contribution in [2.24, 2.45) is 5.73 Å². The van der Waals surface area contributed by atoms with Crippen molar-refractivity contribution in [1.29, 1.82) is 0 Å². The van der Waals surface area contributed by atoms with Crippen molar-refractivity contribution in [3.05, 3.63) is 0 Å². The molecule has 6 N–H and O–H groups in total. The van der Waals surface area contributed by atoms with Gasteiger partial charge in [-0.05, 0) is 25.7 Å². The maximum absolute atomic E-state index is 12.6. The van der Waals surface area contributed by atoms with E-state index >= 15 is 0 Å². The van der Waals surface area contributed by atoms with Crippen molar-refractivity contribution >= 4 is 19.8 Å². The average Bonchev–Trinajstić information content (AvgIpc) is 3.13. The summed E-state index contributed by atoms with van der Waals surface area (Å²) in [5, 5.41) is 40.7. The molecule has 0 saturated carbocycles. The number of phosphoric acid groups is 1. The Bertz CT molecular complexity index is 914. The van der Waals surface area contributed by atoms with Gasteiger partial charge in [-0.3, -0.25) is 14.2 Å². The molecule has 0 aliphatic heterocycles. The number of rotatable bonds is 39. The van der Waals surface area contributed by atoms with Crippen LogP contribution in [0.4, 0.5) is 0 Å². The van der Waals surface area contributed by atoms with E-state index in [2.05, 4.69) is 18.4 Å². The summed E-state index contributed by atoms with van der Waals surface area (Å²) in [5.74, 6) is -1.03. The van der Waals surface area contributed by atoms with Gasteiger partial charge in [0.15, 0.2) is 6.10 Å². The smallest absolute Gasteiger partial charge is 0.306 e. The zero-order valence-electron chi connectivity index (χ0n) is 33.2. The topological polar surface area (TPSA) is 218 Å². The van der Waals surface area contributed by atoms with Crippen LogP contribution in [0, 0.1) is 0 Å². The maximum atomic E-state index is 12.6. The van der Waals surface area contributed by atoms with Crippen LogP contribution in [0.5, 0.6) is 0 Å². The summed E-state index contributed by atoms with van der Waals surface area (Å²) in [6, 6.07) is 0. The van der Waals surface area contributed by atoms with Crippen LogP contribution >= 0.6 is 7.82 Å². The summed E-state index contributed by atoms with van der Waals surface area (Å²) >= 11 is 0. The van der Waals surface area contributed by atoms with Gasteiger partial charge >= 0.3 is 11.9 Å². The molecule has 0 aliphatic rings. The van der Waals surface area contributed by atoms with Crippen LogP contribution in [-0.4, -0.2) is 89.2 Å². The van der Waals surface area contributed by atoms with Crippen LogP contribution < -0.4 is 10.6 Å². The molecule has 6 atom stereocenters. The zero-order valence-corrected chi connectivity index (χ0v) is 34.1. The lowest BCUT2D eigenvalue weighted by molar-refractivity contribution is -0.228. The molecule has 0 bridgehead atoms. The number of hydrogen-bond acceptors (Lipinski definition) is 13. The highest BCUT2D eigenvalue weighted by molar-refractivity contribution is 7.45. The van der Waals surface area contributed by atoms with Gasteiger partial charge < -0.3 is 49.6 Å². The molecule has 0 aliphatic carbocycles. The molecular formula is C39H77NO12P-. The molecule has 0 aromatic carbocycles. The third kappa shape index (κ3) is 32.8. The predicted molar refractivity (Wildman–Crippen MR) is 205 cm³/mol. The van der Waals surface area contributed by atoms with Crippen molar-refractivity contribution in [1.82, 2.24) is 0 Å². The molecular weight excluding hydrogens is 705 g/mol. The lowest BCUT2D eigenvalue weighted by Gasteiger charge is -2.25. The van der Waals surface area contributed by atoms with Crippen LogP contribution in [0.1, 0.15) is 181 Å². The van der Waals surface area contributed by atoms with E-state index in [0.29, 0.717) is 38.5 Å². The molecule has 0 aromatic heterocycles. The van der Waals surface area contributed by atoms with Gasteiger partial charge in [-0.1, -0.05) is 136 Å². The molecule has 14 heteroatoms. The zero-order chi connectivity index (χ0) is 39.6. The number of carbonyl (C=O) groups excluding carboxylic acids is 2. The monoisotopic (exact) mass is 783 g/mol. The Morgan fingerprint density at radius 1 is 0.585 bits per heavy atom. The molecule has 316 valence electrons. The van der Waals surface area contributed by atoms with Crippen LogP contribution in [0.15, 0.2) is 0 Å². The minimum Gasteiger partial charge on any atom is -0.756 e. The first-order chi connectivity index (χ1) is 25.4. The minimum absolute atomic E-state index is 0.0260. The number of aliphatic hydroxyl groups excluding tert-OH is 4. The van der Waals surface area contributed by atoms with Crippen molar-refractivity contribution < 1.29 is 58.0 Å². The lowest BCUT2D eigenvalue weighted by Crippen LogP contribution is -2.35. The average molecular weight is 783 g/mol. The fourth-order valence-electron chi connectivity index (χ4n) is 5.99. The molecule has 0 amide bonds. The Balaban J connectivity index is 4.37. The highest BCUT2D eigenvalue weighted by Gasteiger charge is 2.24. The van der Waals surface area contributed by atoms with Crippen LogP contribution in [0.3, 0.4) is 0 Å². The Morgan fingerprint density at radius 3 is 1.49 bits per heavy atom. The third-order valence-corrected chi connectivity index (χ3v) is 10.3. The van der Waals surface area contributed by atoms with Crippen molar-refractivity contribution in [3.63, 3.8) is 0 Å². The number of carbonyl (C=O) groups is 2. The quantitative estimate of drug-likeness (QED) is 0.0255. The Morgan fingerprint density at radius 2 is 1.00 bits per heavy atom. The molecule has 13 nitrogen and oxygen atoms in total. The van der Waals surface area contributed by atoms with Gasteiger partial charge in [-0.25, -0.2) is 0 Å². The lowest BCUT2D eigenvalue weighted by atomic mass is 9.96. The second-order valence-electron chi connectivity index (χ2n) is 14.5. The molecule has 0 radical (unpaired) electrons. The summed E-state index contributed by atoms with van der Waals surface area (Å²) in [4.78, 5) is 36.9. The largest absolute Gasteiger partial charge is 0.756 e. The molecule has 0 fully saturated rings. The van der Waals surface area contributed by atoms with Gasteiger partial charge in [0.05, 0.1) is 37.6 Å². The molecule has 5 unspecified atom stereocenters. The Labute approximate surface area is 320 Å². The fourth-order valence-corrected chi connectivity index (χ4v) is 6.74. The first-order valence-electron chi connectivity index (χ1n) is 20.8. The van der Waals surface area contributed by atoms with E-state index in [0.717, 1.165) is 51.4 Å². The van der Waals surface area contributed by atoms with Gasteiger partial charge in [-0.15, -0.1) is 0 Å².